The summed E-state index contributed by atoms with van der Waals surface area (Å²) >= 11 is 0. The van der Waals surface area contributed by atoms with Gasteiger partial charge in [0.25, 0.3) is 10.0 Å². The number of carbonyl (C=O) groups excluding carboxylic acids is 1. The van der Waals surface area contributed by atoms with Crippen LogP contribution in [0.2, 0.25) is 0 Å². The van der Waals surface area contributed by atoms with Gasteiger partial charge in [-0.05, 0) is 25.1 Å². The predicted octanol–water partition coefficient (Wildman–Crippen LogP) is 0.219. The number of aromatic carboxylic acids is 2. The Morgan fingerprint density at radius 3 is 2.30 bits per heavy atom. The molecule has 0 bridgehead atoms. The van der Waals surface area contributed by atoms with Gasteiger partial charge in [0.1, 0.15) is 4.90 Å². The zero-order valence-corrected chi connectivity index (χ0v) is 16.3. The molecule has 2 aromatic rings. The van der Waals surface area contributed by atoms with Gasteiger partial charge in [-0.2, -0.15) is 15.0 Å². The quantitative estimate of drug-likeness (QED) is 0.373. The minimum absolute atomic E-state index is 0.0222. The summed E-state index contributed by atoms with van der Waals surface area (Å²) in [5.74, 6) is -3.46. The zero-order valence-electron chi connectivity index (χ0n) is 15.5. The fourth-order valence-corrected chi connectivity index (χ4v) is 3.21. The molecule has 2 amide bonds. The SMILES string of the molecule is CCOc1nc(NC)nc(NC(=O)NS(=O)(=O)c2cc(C(=O)O)ccc2C(=O)O)n1. The van der Waals surface area contributed by atoms with E-state index in [-0.39, 0.29) is 24.5 Å². The number of ether oxygens (including phenoxy) is 1. The van der Waals surface area contributed by atoms with Crippen LogP contribution in [0.25, 0.3) is 0 Å². The van der Waals surface area contributed by atoms with Gasteiger partial charge in [-0.1, -0.05) is 0 Å². The van der Waals surface area contributed by atoms with E-state index in [0.717, 1.165) is 12.1 Å². The lowest BCUT2D eigenvalue weighted by Crippen LogP contribution is -2.35. The first-order valence-electron chi connectivity index (χ1n) is 8.08. The molecule has 0 aliphatic carbocycles. The molecule has 1 heterocycles. The van der Waals surface area contributed by atoms with Crippen LogP contribution in [0.1, 0.15) is 27.6 Å². The summed E-state index contributed by atoms with van der Waals surface area (Å²) in [5.41, 5.74) is -1.21. The van der Waals surface area contributed by atoms with Crippen molar-refractivity contribution in [3.05, 3.63) is 29.3 Å². The van der Waals surface area contributed by atoms with E-state index in [0.29, 0.717) is 6.07 Å². The molecule has 0 saturated heterocycles. The molecular weight excluding hydrogens is 424 g/mol. The normalized spacial score (nSPS) is 10.7. The van der Waals surface area contributed by atoms with E-state index in [2.05, 4.69) is 25.6 Å². The number of rotatable bonds is 8. The van der Waals surface area contributed by atoms with Crippen LogP contribution in [0.5, 0.6) is 6.01 Å². The van der Waals surface area contributed by atoms with E-state index in [9.17, 15) is 27.9 Å². The zero-order chi connectivity index (χ0) is 22.5. The molecule has 0 radical (unpaired) electrons. The molecule has 0 fully saturated rings. The molecule has 2 rings (SSSR count). The van der Waals surface area contributed by atoms with Crippen molar-refractivity contribution >= 4 is 39.9 Å². The number of hydrogen-bond acceptors (Lipinski definition) is 10. The molecule has 1 aromatic heterocycles. The number of urea groups is 1. The number of carbonyl (C=O) groups is 3. The average molecular weight is 440 g/mol. The van der Waals surface area contributed by atoms with Crippen molar-refractivity contribution in [3.8, 4) is 6.01 Å². The van der Waals surface area contributed by atoms with Crippen LogP contribution in [0.3, 0.4) is 0 Å². The number of nitrogens with one attached hydrogen (secondary N) is 3. The van der Waals surface area contributed by atoms with Gasteiger partial charge < -0.3 is 20.3 Å². The Hall–Kier alpha value is -4.01. The number of anilines is 2. The highest BCUT2D eigenvalue weighted by Gasteiger charge is 2.26. The summed E-state index contributed by atoms with van der Waals surface area (Å²) in [4.78, 5) is 45.1. The van der Waals surface area contributed by atoms with Crippen molar-refractivity contribution in [3.63, 3.8) is 0 Å². The molecule has 15 heteroatoms. The highest BCUT2D eigenvalue weighted by molar-refractivity contribution is 7.90. The lowest BCUT2D eigenvalue weighted by atomic mass is 10.1. The van der Waals surface area contributed by atoms with Crippen molar-refractivity contribution in [2.24, 2.45) is 0 Å². The van der Waals surface area contributed by atoms with E-state index in [1.807, 2.05) is 0 Å². The van der Waals surface area contributed by atoms with E-state index < -0.39 is 44.0 Å². The second-order valence-corrected chi connectivity index (χ2v) is 6.98. The number of amides is 2. The number of benzene rings is 1. The maximum atomic E-state index is 12.5. The van der Waals surface area contributed by atoms with E-state index in [1.165, 1.54) is 7.05 Å². The maximum absolute atomic E-state index is 12.5. The van der Waals surface area contributed by atoms with Gasteiger partial charge in [-0.3, -0.25) is 5.32 Å². The lowest BCUT2D eigenvalue weighted by Gasteiger charge is -2.11. The largest absolute Gasteiger partial charge is 0.478 e. The molecule has 5 N–H and O–H groups in total. The van der Waals surface area contributed by atoms with Gasteiger partial charge in [0.15, 0.2) is 0 Å². The standard InChI is InChI=1S/C15H16N6O8S/c1-3-29-15-19-12(16-2)17-13(20-15)18-14(26)21-30(27,28)9-6-7(10(22)23)4-5-8(9)11(24)25/h4-6H,3H2,1-2H3,(H,22,23)(H,24,25)(H3,16,17,18,19,20,21,26). The summed E-state index contributed by atoms with van der Waals surface area (Å²) < 4.78 is 31.7. The first-order valence-corrected chi connectivity index (χ1v) is 9.56. The Kier molecular flexibility index (Phi) is 6.68. The average Bonchev–Trinajstić information content (AvgIpc) is 2.66. The molecule has 0 saturated carbocycles. The van der Waals surface area contributed by atoms with Crippen molar-refractivity contribution in [1.29, 1.82) is 0 Å². The Morgan fingerprint density at radius 2 is 1.73 bits per heavy atom. The molecule has 1 aromatic carbocycles. The van der Waals surface area contributed by atoms with E-state index in [1.54, 1.807) is 11.6 Å². The second kappa shape index (κ2) is 8.99. The molecule has 0 aliphatic heterocycles. The molecule has 14 nitrogen and oxygen atoms in total. The van der Waals surface area contributed by atoms with Gasteiger partial charge in [0.05, 0.1) is 17.7 Å². The monoisotopic (exact) mass is 440 g/mol. The van der Waals surface area contributed by atoms with Gasteiger partial charge >= 0.3 is 24.0 Å². The molecule has 30 heavy (non-hydrogen) atoms. The number of aromatic nitrogens is 3. The number of carboxylic acid groups (broad SMARTS) is 2. The Balaban J connectivity index is 2.33. The van der Waals surface area contributed by atoms with E-state index in [4.69, 9.17) is 9.84 Å². The lowest BCUT2D eigenvalue weighted by molar-refractivity contribution is 0.0678. The van der Waals surface area contributed by atoms with Crippen LogP contribution in [-0.4, -0.2) is 65.2 Å². The topological polar surface area (TPSA) is 210 Å². The fraction of sp³-hybridized carbons (Fsp3) is 0.200. The highest BCUT2D eigenvalue weighted by atomic mass is 32.2. The predicted molar refractivity (Wildman–Crippen MR) is 100 cm³/mol. The van der Waals surface area contributed by atoms with Crippen LogP contribution in [0.4, 0.5) is 16.7 Å². The van der Waals surface area contributed by atoms with Crippen LogP contribution < -0.4 is 20.1 Å². The fourth-order valence-electron chi connectivity index (χ4n) is 2.08. The summed E-state index contributed by atoms with van der Waals surface area (Å²) in [7, 11) is -3.28. The molecule has 0 spiro atoms. The number of carboxylic acids is 2. The van der Waals surface area contributed by atoms with Crippen molar-refractivity contribution in [2.75, 3.05) is 24.3 Å². The van der Waals surface area contributed by atoms with Gasteiger partial charge in [0.2, 0.25) is 11.9 Å². The van der Waals surface area contributed by atoms with E-state index >= 15 is 0 Å². The number of sulfonamides is 1. The highest BCUT2D eigenvalue weighted by Crippen LogP contribution is 2.19. The summed E-state index contributed by atoms with van der Waals surface area (Å²) in [6.45, 7) is 1.88. The Labute approximate surface area is 169 Å². The third kappa shape index (κ3) is 5.28. The van der Waals surface area contributed by atoms with Crippen LogP contribution in [0.15, 0.2) is 23.1 Å². The van der Waals surface area contributed by atoms with Gasteiger partial charge in [-0.15, -0.1) is 0 Å². The Morgan fingerprint density at radius 1 is 1.07 bits per heavy atom. The molecule has 0 atom stereocenters. The molecular formula is C15H16N6O8S. The number of nitrogens with zero attached hydrogens (tertiary/aromatic N) is 3. The van der Waals surface area contributed by atoms with Crippen molar-refractivity contribution in [1.82, 2.24) is 19.7 Å². The minimum Gasteiger partial charge on any atom is -0.478 e. The first kappa shape index (κ1) is 22.3. The smallest absolute Gasteiger partial charge is 0.337 e. The first-order chi connectivity index (χ1) is 14.1. The molecule has 0 unspecified atom stereocenters. The van der Waals surface area contributed by atoms with Crippen molar-refractivity contribution in [2.45, 2.75) is 11.8 Å². The summed E-state index contributed by atoms with van der Waals surface area (Å²) in [5, 5.41) is 22.8. The van der Waals surface area contributed by atoms with Gasteiger partial charge in [-0.25, -0.2) is 27.5 Å². The van der Waals surface area contributed by atoms with Crippen LogP contribution in [-0.2, 0) is 10.0 Å². The van der Waals surface area contributed by atoms with Gasteiger partial charge in [0, 0.05) is 7.05 Å². The van der Waals surface area contributed by atoms with Crippen molar-refractivity contribution < 1.29 is 37.8 Å². The Bertz CT molecular complexity index is 1100. The minimum atomic E-state index is -4.77. The summed E-state index contributed by atoms with van der Waals surface area (Å²) in [6, 6.07) is 0.874. The second-order valence-electron chi connectivity index (χ2n) is 5.33. The number of hydrogen-bond donors (Lipinski definition) is 5. The third-order valence-corrected chi connectivity index (χ3v) is 4.68. The third-order valence-electron chi connectivity index (χ3n) is 3.31. The maximum Gasteiger partial charge on any atom is 0.337 e. The molecule has 0 aliphatic rings. The summed E-state index contributed by atoms with van der Waals surface area (Å²) in [6.07, 6.45) is 0. The van der Waals surface area contributed by atoms with Crippen LogP contribution in [0, 0.1) is 0 Å². The molecule has 160 valence electrons. The van der Waals surface area contributed by atoms with Crippen LogP contribution >= 0.6 is 0 Å².